The van der Waals surface area contributed by atoms with Gasteiger partial charge in [-0.25, -0.2) is 13.6 Å². The zero-order valence-corrected chi connectivity index (χ0v) is 13.3. The van der Waals surface area contributed by atoms with Crippen molar-refractivity contribution in [3.63, 3.8) is 0 Å². The quantitative estimate of drug-likeness (QED) is 0.624. The van der Waals surface area contributed by atoms with E-state index in [1.807, 2.05) is 0 Å². The lowest BCUT2D eigenvalue weighted by atomic mass is 9.72. The number of esters is 1. The Balaban J connectivity index is 2.15. The molecule has 0 fully saturated rings. The SMILES string of the molecule is CCOC(=O)c1cccc2c1OB(O)C(NC(=O)CC(C)(F)F)C2. The van der Waals surface area contributed by atoms with E-state index in [9.17, 15) is 23.4 Å². The van der Waals surface area contributed by atoms with Crippen molar-refractivity contribution in [1.29, 1.82) is 0 Å². The highest BCUT2D eigenvalue weighted by atomic mass is 19.3. The van der Waals surface area contributed by atoms with Gasteiger partial charge in [-0.15, -0.1) is 0 Å². The Kier molecular flexibility index (Phi) is 5.43. The van der Waals surface area contributed by atoms with Crippen LogP contribution in [0.4, 0.5) is 8.78 Å². The smallest absolute Gasteiger partial charge is 0.534 e. The number of benzene rings is 1. The minimum Gasteiger partial charge on any atom is -0.534 e. The molecular weight excluding hydrogens is 323 g/mol. The molecule has 1 aliphatic rings. The number of para-hydroxylation sites is 1. The first-order valence-electron chi connectivity index (χ1n) is 7.52. The number of fused-ring (bicyclic) bond motifs is 1. The lowest BCUT2D eigenvalue weighted by Crippen LogP contribution is -2.53. The van der Waals surface area contributed by atoms with Crippen LogP contribution in [0.5, 0.6) is 5.75 Å². The maximum absolute atomic E-state index is 12.9. The summed E-state index contributed by atoms with van der Waals surface area (Å²) in [6, 6.07) is 4.78. The van der Waals surface area contributed by atoms with Crippen molar-refractivity contribution >= 4 is 19.0 Å². The second-order valence-corrected chi connectivity index (χ2v) is 5.65. The number of rotatable bonds is 5. The Morgan fingerprint density at radius 3 is 2.83 bits per heavy atom. The minimum atomic E-state index is -3.14. The van der Waals surface area contributed by atoms with Crippen molar-refractivity contribution in [1.82, 2.24) is 5.32 Å². The molecule has 1 unspecified atom stereocenters. The topological polar surface area (TPSA) is 84.9 Å². The number of carbonyl (C=O) groups excluding carboxylic acids is 2. The van der Waals surface area contributed by atoms with Crippen LogP contribution < -0.4 is 9.97 Å². The standard InChI is InChI=1S/C15H18BF2NO5/c1-3-23-14(21)10-6-4-5-9-7-11(16(22)24-13(9)10)19-12(20)8-15(2,17)18/h4-6,11,22H,3,7-8H2,1-2H3,(H,19,20). The van der Waals surface area contributed by atoms with Gasteiger partial charge in [0.05, 0.1) is 19.0 Å². The maximum Gasteiger partial charge on any atom is 0.547 e. The number of amides is 1. The highest BCUT2D eigenvalue weighted by Crippen LogP contribution is 2.30. The van der Waals surface area contributed by atoms with Crippen molar-refractivity contribution in [3.05, 3.63) is 29.3 Å². The molecular formula is C15H18BF2NO5. The zero-order valence-electron chi connectivity index (χ0n) is 13.3. The molecule has 2 rings (SSSR count). The van der Waals surface area contributed by atoms with Gasteiger partial charge in [0.25, 0.3) is 5.92 Å². The highest BCUT2D eigenvalue weighted by molar-refractivity contribution is 6.47. The Bertz CT molecular complexity index is 635. The van der Waals surface area contributed by atoms with Gasteiger partial charge in [0.1, 0.15) is 11.3 Å². The van der Waals surface area contributed by atoms with Crippen LogP contribution in [0.1, 0.15) is 36.2 Å². The van der Waals surface area contributed by atoms with Crippen molar-refractivity contribution < 1.29 is 32.8 Å². The van der Waals surface area contributed by atoms with E-state index in [2.05, 4.69) is 5.32 Å². The van der Waals surface area contributed by atoms with Crippen molar-refractivity contribution in [2.45, 2.75) is 38.6 Å². The summed E-state index contributed by atoms with van der Waals surface area (Å²) in [5, 5.41) is 12.4. The largest absolute Gasteiger partial charge is 0.547 e. The molecule has 6 nitrogen and oxygen atoms in total. The third-order valence-electron chi connectivity index (χ3n) is 3.43. The van der Waals surface area contributed by atoms with Crippen LogP contribution in [0.15, 0.2) is 18.2 Å². The molecule has 0 aliphatic carbocycles. The summed E-state index contributed by atoms with van der Waals surface area (Å²) in [5.41, 5.74) is 0.734. The normalized spacial score (nSPS) is 16.9. The van der Waals surface area contributed by atoms with Gasteiger partial charge < -0.3 is 19.7 Å². The summed E-state index contributed by atoms with van der Waals surface area (Å²) >= 11 is 0. The number of hydrogen-bond donors (Lipinski definition) is 2. The first-order chi connectivity index (χ1) is 11.2. The number of hydrogen-bond acceptors (Lipinski definition) is 5. The van der Waals surface area contributed by atoms with Crippen LogP contribution in [0.2, 0.25) is 0 Å². The molecule has 2 N–H and O–H groups in total. The Morgan fingerprint density at radius 2 is 2.21 bits per heavy atom. The van der Waals surface area contributed by atoms with Gasteiger partial charge in [-0.3, -0.25) is 4.79 Å². The van der Waals surface area contributed by atoms with Crippen molar-refractivity contribution in [2.75, 3.05) is 6.61 Å². The molecule has 1 aromatic rings. The average Bonchev–Trinajstić information content (AvgIpc) is 2.45. The molecule has 1 heterocycles. The Labute approximate surface area is 138 Å². The van der Waals surface area contributed by atoms with E-state index in [1.165, 1.54) is 6.07 Å². The fraction of sp³-hybridized carbons (Fsp3) is 0.467. The predicted molar refractivity (Wildman–Crippen MR) is 81.9 cm³/mol. The molecule has 0 bridgehead atoms. The van der Waals surface area contributed by atoms with Gasteiger partial charge in [-0.2, -0.15) is 0 Å². The molecule has 0 saturated heterocycles. The third kappa shape index (κ3) is 4.44. The Hall–Kier alpha value is -2.16. The predicted octanol–water partition coefficient (Wildman–Crippen LogP) is 1.35. The van der Waals surface area contributed by atoms with Gasteiger partial charge >= 0.3 is 13.1 Å². The first-order valence-corrected chi connectivity index (χ1v) is 7.52. The van der Waals surface area contributed by atoms with Gasteiger partial charge in [0.2, 0.25) is 5.91 Å². The lowest BCUT2D eigenvalue weighted by Gasteiger charge is -2.29. The molecule has 0 radical (unpaired) electrons. The zero-order chi connectivity index (χ0) is 17.9. The number of carbonyl (C=O) groups is 2. The van der Waals surface area contributed by atoms with E-state index in [4.69, 9.17) is 9.39 Å². The average molecular weight is 341 g/mol. The second kappa shape index (κ2) is 7.17. The van der Waals surface area contributed by atoms with Crippen molar-refractivity contribution in [2.24, 2.45) is 0 Å². The molecule has 0 saturated carbocycles. The maximum atomic E-state index is 12.9. The fourth-order valence-corrected chi connectivity index (χ4v) is 2.46. The molecule has 1 aromatic carbocycles. The number of ether oxygens (including phenoxy) is 1. The highest BCUT2D eigenvalue weighted by Gasteiger charge is 2.38. The van der Waals surface area contributed by atoms with E-state index in [0.717, 1.165) is 0 Å². The van der Waals surface area contributed by atoms with Gasteiger partial charge in [0.15, 0.2) is 0 Å². The summed E-state index contributed by atoms with van der Waals surface area (Å²) in [7, 11) is -1.46. The summed E-state index contributed by atoms with van der Waals surface area (Å²) in [6.45, 7) is 2.49. The molecule has 24 heavy (non-hydrogen) atoms. The van der Waals surface area contributed by atoms with Crippen LogP contribution in [0.3, 0.4) is 0 Å². The number of halogens is 2. The summed E-state index contributed by atoms with van der Waals surface area (Å²) in [6.07, 6.45) is -0.837. The molecule has 9 heteroatoms. The van der Waals surface area contributed by atoms with E-state index >= 15 is 0 Å². The van der Waals surface area contributed by atoms with Crippen LogP contribution in [0.25, 0.3) is 0 Å². The van der Waals surface area contributed by atoms with Crippen LogP contribution >= 0.6 is 0 Å². The van der Waals surface area contributed by atoms with Crippen molar-refractivity contribution in [3.8, 4) is 5.75 Å². The Morgan fingerprint density at radius 1 is 1.50 bits per heavy atom. The van der Waals surface area contributed by atoms with E-state index in [-0.39, 0.29) is 24.3 Å². The fourth-order valence-electron chi connectivity index (χ4n) is 2.46. The molecule has 1 atom stereocenters. The molecule has 0 spiro atoms. The summed E-state index contributed by atoms with van der Waals surface area (Å²) in [4.78, 5) is 23.5. The van der Waals surface area contributed by atoms with E-state index < -0.39 is 37.3 Å². The third-order valence-corrected chi connectivity index (χ3v) is 3.43. The van der Waals surface area contributed by atoms with Crippen LogP contribution in [-0.2, 0) is 16.0 Å². The number of alkyl halides is 2. The van der Waals surface area contributed by atoms with Crippen LogP contribution in [0, 0.1) is 0 Å². The molecule has 1 aliphatic heterocycles. The molecule has 1 amide bonds. The molecule has 0 aromatic heterocycles. The van der Waals surface area contributed by atoms with Gasteiger partial charge in [-0.1, -0.05) is 12.1 Å². The monoisotopic (exact) mass is 341 g/mol. The molecule has 130 valence electrons. The van der Waals surface area contributed by atoms with Gasteiger partial charge in [-0.05, 0) is 31.9 Å². The van der Waals surface area contributed by atoms with E-state index in [1.54, 1.807) is 19.1 Å². The first kappa shape index (κ1) is 18.2. The summed E-state index contributed by atoms with van der Waals surface area (Å²) in [5.74, 6) is -5.33. The second-order valence-electron chi connectivity index (χ2n) is 5.65. The van der Waals surface area contributed by atoms with Crippen LogP contribution in [-0.4, -0.2) is 42.5 Å². The van der Waals surface area contributed by atoms with E-state index in [0.29, 0.717) is 12.5 Å². The minimum absolute atomic E-state index is 0.144. The summed E-state index contributed by atoms with van der Waals surface area (Å²) < 4.78 is 36.0. The number of nitrogens with one attached hydrogen (secondary N) is 1. The lowest BCUT2D eigenvalue weighted by molar-refractivity contribution is -0.127. The van der Waals surface area contributed by atoms with Gasteiger partial charge in [0, 0.05) is 0 Å².